The number of hydrogen-bond donors (Lipinski definition) is 1. The monoisotopic (exact) mass is 138 g/mol. The summed E-state index contributed by atoms with van der Waals surface area (Å²) in [5.41, 5.74) is 7.97. The predicted octanol–water partition coefficient (Wildman–Crippen LogP) is 1.31. The van der Waals surface area contributed by atoms with Crippen molar-refractivity contribution in [2.24, 2.45) is 5.11 Å². The SMILES string of the molecule is CCc1n[nH]c(N=[N+]=[N-])n1. The van der Waals surface area contributed by atoms with Crippen molar-refractivity contribution in [3.63, 3.8) is 0 Å². The molecular formula is C4H6N6. The van der Waals surface area contributed by atoms with Gasteiger partial charge in [-0.1, -0.05) is 6.92 Å². The molecule has 0 amide bonds. The molecule has 1 N–H and O–H groups in total. The average Bonchev–Trinajstić information content (AvgIpc) is 2.37. The van der Waals surface area contributed by atoms with Crippen molar-refractivity contribution < 1.29 is 0 Å². The quantitative estimate of drug-likeness (QED) is 0.379. The van der Waals surface area contributed by atoms with Crippen LogP contribution in [0.25, 0.3) is 10.4 Å². The molecule has 0 bridgehead atoms. The molecule has 0 spiro atoms. The number of aromatic nitrogens is 3. The number of nitrogens with one attached hydrogen (secondary N) is 1. The maximum Gasteiger partial charge on any atom is 0.212 e. The van der Waals surface area contributed by atoms with Crippen LogP contribution in [0.2, 0.25) is 0 Å². The van der Waals surface area contributed by atoms with Gasteiger partial charge in [0.2, 0.25) is 5.95 Å². The molecule has 1 heterocycles. The summed E-state index contributed by atoms with van der Waals surface area (Å²) in [7, 11) is 0. The summed E-state index contributed by atoms with van der Waals surface area (Å²) in [6.45, 7) is 1.92. The molecule has 1 aromatic rings. The summed E-state index contributed by atoms with van der Waals surface area (Å²) in [6.07, 6.45) is 0.734. The Hall–Kier alpha value is -1.55. The van der Waals surface area contributed by atoms with Gasteiger partial charge in [-0.2, -0.15) is 5.10 Å². The molecule has 0 aromatic carbocycles. The van der Waals surface area contributed by atoms with Gasteiger partial charge in [-0.3, -0.25) is 5.10 Å². The molecule has 1 rings (SSSR count). The Kier molecular flexibility index (Phi) is 1.86. The van der Waals surface area contributed by atoms with E-state index in [-0.39, 0.29) is 5.95 Å². The Morgan fingerprint density at radius 2 is 2.60 bits per heavy atom. The zero-order chi connectivity index (χ0) is 7.40. The molecule has 6 nitrogen and oxygen atoms in total. The Labute approximate surface area is 56.9 Å². The van der Waals surface area contributed by atoms with Crippen LogP contribution in [0, 0.1) is 0 Å². The van der Waals surface area contributed by atoms with E-state index in [9.17, 15) is 0 Å². The number of rotatable bonds is 2. The van der Waals surface area contributed by atoms with E-state index in [1.165, 1.54) is 0 Å². The lowest BCUT2D eigenvalue weighted by atomic mass is 10.5. The molecule has 0 aliphatic heterocycles. The molecule has 0 atom stereocenters. The Balaban J connectivity index is 2.87. The van der Waals surface area contributed by atoms with Crippen molar-refractivity contribution in [3.8, 4) is 0 Å². The summed E-state index contributed by atoms with van der Waals surface area (Å²) in [4.78, 5) is 6.38. The first-order valence-electron chi connectivity index (χ1n) is 2.83. The number of nitrogens with zero attached hydrogens (tertiary/aromatic N) is 5. The van der Waals surface area contributed by atoms with Crippen molar-refractivity contribution in [2.45, 2.75) is 13.3 Å². The third kappa shape index (κ3) is 1.24. The largest absolute Gasteiger partial charge is 0.258 e. The normalized spacial score (nSPS) is 8.90. The Morgan fingerprint density at radius 1 is 1.80 bits per heavy atom. The van der Waals surface area contributed by atoms with Gasteiger partial charge >= 0.3 is 0 Å². The highest BCUT2D eigenvalue weighted by molar-refractivity contribution is 5.11. The van der Waals surface area contributed by atoms with Crippen LogP contribution in [0.5, 0.6) is 0 Å². The Bertz CT molecular complexity index is 256. The number of H-pyrrole nitrogens is 1. The number of hydrogen-bond acceptors (Lipinski definition) is 3. The van der Waals surface area contributed by atoms with Crippen molar-refractivity contribution in [1.82, 2.24) is 15.2 Å². The smallest absolute Gasteiger partial charge is 0.212 e. The number of aryl methyl sites for hydroxylation is 1. The second-order valence-corrected chi connectivity index (χ2v) is 1.62. The maximum absolute atomic E-state index is 7.97. The van der Waals surface area contributed by atoms with Gasteiger partial charge < -0.3 is 0 Å². The zero-order valence-electron chi connectivity index (χ0n) is 5.44. The first kappa shape index (κ1) is 6.57. The molecule has 0 aliphatic carbocycles. The lowest BCUT2D eigenvalue weighted by Gasteiger charge is -1.76. The van der Waals surface area contributed by atoms with Gasteiger partial charge in [0, 0.05) is 11.3 Å². The van der Waals surface area contributed by atoms with E-state index in [4.69, 9.17) is 5.53 Å². The average molecular weight is 138 g/mol. The molecule has 0 unspecified atom stereocenters. The van der Waals surface area contributed by atoms with Gasteiger partial charge in [-0.05, 0) is 10.6 Å². The fourth-order valence-electron chi connectivity index (χ4n) is 0.532. The van der Waals surface area contributed by atoms with Gasteiger partial charge in [0.05, 0.1) is 0 Å². The minimum Gasteiger partial charge on any atom is -0.258 e. The van der Waals surface area contributed by atoms with E-state index < -0.39 is 0 Å². The summed E-state index contributed by atoms with van der Waals surface area (Å²) in [5, 5.41) is 9.46. The van der Waals surface area contributed by atoms with Crippen LogP contribution in [0.3, 0.4) is 0 Å². The molecule has 1 aromatic heterocycles. The first-order chi connectivity index (χ1) is 4.86. The van der Waals surface area contributed by atoms with Gasteiger partial charge in [0.1, 0.15) is 0 Å². The zero-order valence-corrected chi connectivity index (χ0v) is 5.44. The van der Waals surface area contributed by atoms with Crippen molar-refractivity contribution in [3.05, 3.63) is 16.3 Å². The third-order valence-electron chi connectivity index (χ3n) is 0.976. The Morgan fingerprint density at radius 3 is 3.10 bits per heavy atom. The summed E-state index contributed by atoms with van der Waals surface area (Å²) >= 11 is 0. The lowest BCUT2D eigenvalue weighted by molar-refractivity contribution is 0.946. The van der Waals surface area contributed by atoms with Crippen LogP contribution in [0.1, 0.15) is 12.7 Å². The molecule has 0 aliphatic rings. The van der Waals surface area contributed by atoms with Gasteiger partial charge in [-0.15, -0.1) is 0 Å². The standard InChI is InChI=1S/C4H6N6/c1-2-3-6-4(8-7-3)9-10-5/h2H2,1H3,(H,6,7,8). The van der Waals surface area contributed by atoms with Gasteiger partial charge in [0.25, 0.3) is 0 Å². The molecule has 10 heavy (non-hydrogen) atoms. The molecule has 0 saturated heterocycles. The topological polar surface area (TPSA) is 90.3 Å². The van der Waals surface area contributed by atoms with Crippen LogP contribution < -0.4 is 0 Å². The number of aromatic amines is 1. The van der Waals surface area contributed by atoms with Crippen LogP contribution in [0.15, 0.2) is 5.11 Å². The highest BCUT2D eigenvalue weighted by Gasteiger charge is 1.95. The highest BCUT2D eigenvalue weighted by atomic mass is 15.3. The third-order valence-corrected chi connectivity index (χ3v) is 0.976. The summed E-state index contributed by atoms with van der Waals surface area (Å²) in [6, 6.07) is 0. The summed E-state index contributed by atoms with van der Waals surface area (Å²) < 4.78 is 0. The van der Waals surface area contributed by atoms with Crippen molar-refractivity contribution in [1.29, 1.82) is 0 Å². The maximum atomic E-state index is 7.97. The minimum absolute atomic E-state index is 0.222. The van der Waals surface area contributed by atoms with Crippen LogP contribution in [0.4, 0.5) is 5.95 Å². The fraction of sp³-hybridized carbons (Fsp3) is 0.500. The van der Waals surface area contributed by atoms with E-state index >= 15 is 0 Å². The van der Waals surface area contributed by atoms with E-state index in [1.54, 1.807) is 0 Å². The van der Waals surface area contributed by atoms with E-state index in [1.807, 2.05) is 6.92 Å². The second kappa shape index (κ2) is 2.84. The van der Waals surface area contributed by atoms with Crippen molar-refractivity contribution >= 4 is 5.95 Å². The first-order valence-corrected chi connectivity index (χ1v) is 2.83. The van der Waals surface area contributed by atoms with Crippen LogP contribution >= 0.6 is 0 Å². The lowest BCUT2D eigenvalue weighted by Crippen LogP contribution is -1.80. The highest BCUT2D eigenvalue weighted by Crippen LogP contribution is 2.02. The van der Waals surface area contributed by atoms with Gasteiger partial charge in [-0.25, -0.2) is 4.98 Å². The molecule has 6 heteroatoms. The molecule has 52 valence electrons. The second-order valence-electron chi connectivity index (χ2n) is 1.62. The van der Waals surface area contributed by atoms with Crippen LogP contribution in [-0.2, 0) is 6.42 Å². The number of azide groups is 1. The fourth-order valence-corrected chi connectivity index (χ4v) is 0.532. The molecular weight excluding hydrogens is 132 g/mol. The van der Waals surface area contributed by atoms with Gasteiger partial charge in [0.15, 0.2) is 5.82 Å². The van der Waals surface area contributed by atoms with E-state index in [0.717, 1.165) is 6.42 Å². The molecule has 0 fully saturated rings. The van der Waals surface area contributed by atoms with Crippen LogP contribution in [-0.4, -0.2) is 15.2 Å². The van der Waals surface area contributed by atoms with Crippen molar-refractivity contribution in [2.75, 3.05) is 0 Å². The molecule has 0 saturated carbocycles. The van der Waals surface area contributed by atoms with E-state index in [2.05, 4.69) is 25.2 Å². The minimum atomic E-state index is 0.222. The predicted molar refractivity (Wildman–Crippen MR) is 34.6 cm³/mol. The van der Waals surface area contributed by atoms with E-state index in [0.29, 0.717) is 5.82 Å². The summed E-state index contributed by atoms with van der Waals surface area (Å²) in [5.74, 6) is 0.877. The molecule has 0 radical (unpaired) electrons.